The van der Waals surface area contributed by atoms with E-state index in [0.29, 0.717) is 5.82 Å². The molecule has 0 radical (unpaired) electrons. The molecule has 0 aliphatic heterocycles. The van der Waals surface area contributed by atoms with Crippen molar-refractivity contribution >= 4 is 21.4 Å². The van der Waals surface area contributed by atoms with Gasteiger partial charge < -0.3 is 9.88 Å². The summed E-state index contributed by atoms with van der Waals surface area (Å²) in [4.78, 5) is 8.68. The quantitative estimate of drug-likeness (QED) is 0.874. The number of aromatic amines is 1. The van der Waals surface area contributed by atoms with Gasteiger partial charge in [0.25, 0.3) is 10.0 Å². The van der Waals surface area contributed by atoms with Crippen LogP contribution in [0.2, 0.25) is 0 Å². The molecule has 0 fully saturated rings. The molecule has 0 saturated heterocycles. The third-order valence-corrected chi connectivity index (χ3v) is 4.57. The van der Waals surface area contributed by atoms with E-state index in [-0.39, 0.29) is 22.2 Å². The normalized spacial score (nSPS) is 11.3. The fraction of sp³-hybridized carbons (Fsp3) is 0.333. The molecule has 1 aromatic carbocycles. The van der Waals surface area contributed by atoms with Gasteiger partial charge in [-0.25, -0.2) is 4.98 Å². The first kappa shape index (κ1) is 16.8. The van der Waals surface area contributed by atoms with Crippen LogP contribution < -0.4 is 9.62 Å². The largest absolute Gasteiger partial charge is 0.378 e. The number of benzene rings is 1. The van der Waals surface area contributed by atoms with Crippen LogP contribution in [0.5, 0.6) is 0 Å². The van der Waals surface area contributed by atoms with Crippen molar-refractivity contribution in [3.05, 3.63) is 35.8 Å². The second-order valence-electron chi connectivity index (χ2n) is 5.63. The van der Waals surface area contributed by atoms with Gasteiger partial charge >= 0.3 is 0 Å². The summed E-state index contributed by atoms with van der Waals surface area (Å²) in [6, 6.07) is 6.95. The number of aromatic nitrogens is 2. The Morgan fingerprint density at radius 1 is 1.35 bits per heavy atom. The lowest BCUT2D eigenvalue weighted by molar-refractivity contribution is 0.597. The average molecular weight is 333 g/mol. The molecule has 2 N–H and O–H groups in total. The number of nitrogens with one attached hydrogen (secondary N) is 2. The Balaban J connectivity index is 2.40. The molecule has 2 aromatic rings. The topological polar surface area (TPSA) is 102 Å². The molecule has 1 aromatic heterocycles. The van der Waals surface area contributed by atoms with Crippen molar-refractivity contribution in [2.75, 3.05) is 23.7 Å². The molecule has 7 nitrogen and oxygen atoms in total. The summed E-state index contributed by atoms with van der Waals surface area (Å²) in [6.07, 6.45) is 1.28. The predicted molar refractivity (Wildman–Crippen MR) is 89.0 cm³/mol. The van der Waals surface area contributed by atoms with Gasteiger partial charge in [0.15, 0.2) is 5.03 Å². The number of H-pyrrole nitrogens is 1. The lowest BCUT2D eigenvalue weighted by Crippen LogP contribution is -2.15. The van der Waals surface area contributed by atoms with Gasteiger partial charge in [0.2, 0.25) is 0 Å². The smallest absolute Gasteiger partial charge is 0.279 e. The van der Waals surface area contributed by atoms with Crippen molar-refractivity contribution < 1.29 is 8.42 Å². The maximum absolute atomic E-state index is 12.5. The molecule has 2 rings (SSSR count). The van der Waals surface area contributed by atoms with Crippen molar-refractivity contribution in [1.82, 2.24) is 9.97 Å². The van der Waals surface area contributed by atoms with Crippen LogP contribution in [-0.4, -0.2) is 32.5 Å². The summed E-state index contributed by atoms with van der Waals surface area (Å²) in [5.74, 6) is 0.679. The van der Waals surface area contributed by atoms with E-state index in [9.17, 15) is 13.7 Å². The second-order valence-corrected chi connectivity index (χ2v) is 7.28. The van der Waals surface area contributed by atoms with Crippen LogP contribution in [0.25, 0.3) is 0 Å². The fourth-order valence-corrected chi connectivity index (χ4v) is 2.94. The van der Waals surface area contributed by atoms with Crippen molar-refractivity contribution in [2.45, 2.75) is 24.8 Å². The number of hydrogen-bond donors (Lipinski definition) is 2. The highest BCUT2D eigenvalue weighted by atomic mass is 32.2. The third kappa shape index (κ3) is 3.63. The summed E-state index contributed by atoms with van der Waals surface area (Å²) in [6.45, 7) is 3.83. The summed E-state index contributed by atoms with van der Waals surface area (Å²) in [7, 11) is -0.165. The van der Waals surface area contributed by atoms with Gasteiger partial charge in [0.05, 0.1) is 17.4 Å². The number of imidazole rings is 1. The van der Waals surface area contributed by atoms with E-state index in [4.69, 9.17) is 0 Å². The number of sulfonamides is 1. The van der Waals surface area contributed by atoms with Crippen LogP contribution in [0, 0.1) is 11.3 Å². The molecule has 0 saturated carbocycles. The molecule has 0 atom stereocenters. The molecule has 8 heteroatoms. The SMILES string of the molecule is CC(C)c1ncc(S(=O)(=O)Nc2cc(N(C)C)ccc2C#N)[nH]1. The number of anilines is 2. The van der Waals surface area contributed by atoms with Gasteiger partial charge in [0, 0.05) is 25.7 Å². The van der Waals surface area contributed by atoms with E-state index in [1.54, 1.807) is 18.2 Å². The monoisotopic (exact) mass is 333 g/mol. The highest BCUT2D eigenvalue weighted by Crippen LogP contribution is 2.25. The van der Waals surface area contributed by atoms with E-state index in [0.717, 1.165) is 5.69 Å². The molecular formula is C15H19N5O2S. The van der Waals surface area contributed by atoms with Crippen LogP contribution in [-0.2, 0) is 10.0 Å². The number of nitriles is 1. The van der Waals surface area contributed by atoms with Crippen molar-refractivity contribution in [2.24, 2.45) is 0 Å². The Morgan fingerprint density at radius 2 is 2.04 bits per heavy atom. The maximum atomic E-state index is 12.5. The molecule has 0 amide bonds. The zero-order valence-electron chi connectivity index (χ0n) is 13.5. The fourth-order valence-electron chi connectivity index (χ4n) is 1.94. The molecule has 0 unspecified atom stereocenters. The Labute approximate surface area is 136 Å². The lowest BCUT2D eigenvalue weighted by atomic mass is 10.2. The van der Waals surface area contributed by atoms with E-state index < -0.39 is 10.0 Å². The van der Waals surface area contributed by atoms with Crippen LogP contribution >= 0.6 is 0 Å². The van der Waals surface area contributed by atoms with E-state index in [2.05, 4.69) is 14.7 Å². The second kappa shape index (κ2) is 6.30. The third-order valence-electron chi connectivity index (χ3n) is 3.29. The van der Waals surface area contributed by atoms with Gasteiger partial charge in [-0.2, -0.15) is 13.7 Å². The number of hydrogen-bond acceptors (Lipinski definition) is 5. The van der Waals surface area contributed by atoms with Gasteiger partial charge in [-0.05, 0) is 18.2 Å². The standard InChI is InChI=1S/C15H19N5O2S/c1-10(2)15-17-9-14(18-15)23(21,22)19-13-7-12(20(3)4)6-5-11(13)8-16/h5-7,9-10,19H,1-4H3,(H,17,18). The zero-order chi connectivity index (χ0) is 17.2. The molecule has 0 aliphatic carbocycles. The van der Waals surface area contributed by atoms with Crippen LogP contribution in [0.3, 0.4) is 0 Å². The highest BCUT2D eigenvalue weighted by Gasteiger charge is 2.20. The summed E-state index contributed by atoms with van der Waals surface area (Å²) in [5.41, 5.74) is 1.27. The van der Waals surface area contributed by atoms with Gasteiger partial charge in [-0.1, -0.05) is 13.8 Å². The van der Waals surface area contributed by atoms with Crippen molar-refractivity contribution in [3.63, 3.8) is 0 Å². The molecule has 1 heterocycles. The Morgan fingerprint density at radius 3 is 2.57 bits per heavy atom. The van der Waals surface area contributed by atoms with Gasteiger partial charge in [0.1, 0.15) is 11.9 Å². The number of nitrogens with zero attached hydrogens (tertiary/aromatic N) is 3. The molecule has 0 aliphatic rings. The van der Waals surface area contributed by atoms with Crippen molar-refractivity contribution in [3.8, 4) is 6.07 Å². The first-order chi connectivity index (χ1) is 10.7. The van der Waals surface area contributed by atoms with E-state index in [1.807, 2.05) is 38.9 Å². The van der Waals surface area contributed by atoms with E-state index >= 15 is 0 Å². The minimum Gasteiger partial charge on any atom is -0.378 e. The molecule has 0 spiro atoms. The summed E-state index contributed by atoms with van der Waals surface area (Å²) >= 11 is 0. The highest BCUT2D eigenvalue weighted by molar-refractivity contribution is 7.92. The van der Waals surface area contributed by atoms with Crippen LogP contribution in [0.15, 0.2) is 29.4 Å². The minimum atomic E-state index is -3.84. The minimum absolute atomic E-state index is 0.0275. The summed E-state index contributed by atoms with van der Waals surface area (Å²) in [5, 5.41) is 9.15. The lowest BCUT2D eigenvalue weighted by Gasteiger charge is -2.15. The molecule has 122 valence electrons. The predicted octanol–water partition coefficient (Wildman–Crippen LogP) is 2.27. The molecular weight excluding hydrogens is 314 g/mol. The average Bonchev–Trinajstić information content (AvgIpc) is 2.97. The van der Waals surface area contributed by atoms with Gasteiger partial charge in [-0.3, -0.25) is 4.72 Å². The Hall–Kier alpha value is -2.53. The first-order valence-electron chi connectivity index (χ1n) is 7.04. The van der Waals surface area contributed by atoms with Gasteiger partial charge in [-0.15, -0.1) is 0 Å². The Bertz CT molecular complexity index is 847. The van der Waals surface area contributed by atoms with Crippen LogP contribution in [0.4, 0.5) is 11.4 Å². The van der Waals surface area contributed by atoms with Crippen molar-refractivity contribution in [1.29, 1.82) is 5.26 Å². The zero-order valence-corrected chi connectivity index (χ0v) is 14.3. The summed E-state index contributed by atoms with van der Waals surface area (Å²) < 4.78 is 27.4. The molecule has 23 heavy (non-hydrogen) atoms. The Kier molecular flexibility index (Phi) is 4.61. The maximum Gasteiger partial charge on any atom is 0.279 e. The van der Waals surface area contributed by atoms with Crippen LogP contribution in [0.1, 0.15) is 31.2 Å². The number of rotatable bonds is 5. The molecule has 0 bridgehead atoms. The van der Waals surface area contributed by atoms with E-state index in [1.165, 1.54) is 6.20 Å². The first-order valence-corrected chi connectivity index (χ1v) is 8.52.